The molecule has 0 aliphatic heterocycles. The Balaban J connectivity index is 3.02. The van der Waals surface area contributed by atoms with Gasteiger partial charge in [-0.25, -0.2) is 0 Å². The lowest BCUT2D eigenvalue weighted by atomic mass is 10.0. The highest BCUT2D eigenvalue weighted by atomic mass is 16.5. The number of unbranched alkanes of at least 4 members (excludes halogenated alkanes) is 24. The standard InChI is InChI=1S/C30H60O3/c1-32-29-27-25-23-21-19-17-15-13-11-9-7-5-3-4-6-8-10-12-14-16-18-20-22-24-26-28-30(31)33-2/h3-29H2,1-2H3. The van der Waals surface area contributed by atoms with Crippen molar-refractivity contribution in [3.63, 3.8) is 0 Å². The Bertz CT molecular complexity index is 370. The topological polar surface area (TPSA) is 35.5 Å². The maximum atomic E-state index is 11.0. The van der Waals surface area contributed by atoms with Crippen molar-refractivity contribution >= 4 is 5.97 Å². The van der Waals surface area contributed by atoms with Gasteiger partial charge in [-0.2, -0.15) is 0 Å². The molecule has 3 heteroatoms. The monoisotopic (exact) mass is 468 g/mol. The Morgan fingerprint density at radius 1 is 0.394 bits per heavy atom. The van der Waals surface area contributed by atoms with E-state index in [9.17, 15) is 4.79 Å². The van der Waals surface area contributed by atoms with Gasteiger partial charge in [0.1, 0.15) is 0 Å². The van der Waals surface area contributed by atoms with E-state index in [4.69, 9.17) is 4.74 Å². The lowest BCUT2D eigenvalue weighted by molar-refractivity contribution is -0.140. The number of methoxy groups -OCH3 is 2. The maximum absolute atomic E-state index is 11.0. The molecule has 33 heavy (non-hydrogen) atoms. The second-order valence-electron chi connectivity index (χ2n) is 10.2. The smallest absolute Gasteiger partial charge is 0.305 e. The first-order valence-electron chi connectivity index (χ1n) is 14.9. The fourth-order valence-corrected chi connectivity index (χ4v) is 4.68. The largest absolute Gasteiger partial charge is 0.469 e. The maximum Gasteiger partial charge on any atom is 0.305 e. The van der Waals surface area contributed by atoms with Crippen LogP contribution >= 0.6 is 0 Å². The Labute approximate surface area is 208 Å². The molecule has 0 radical (unpaired) electrons. The van der Waals surface area contributed by atoms with Crippen molar-refractivity contribution in [1.29, 1.82) is 0 Å². The molecule has 0 fully saturated rings. The average Bonchev–Trinajstić information content (AvgIpc) is 2.83. The number of esters is 1. The van der Waals surface area contributed by atoms with Crippen LogP contribution in [0, 0.1) is 0 Å². The van der Waals surface area contributed by atoms with E-state index in [2.05, 4.69) is 4.74 Å². The van der Waals surface area contributed by atoms with Crippen LogP contribution in [0.5, 0.6) is 0 Å². The molecule has 0 aromatic carbocycles. The number of ether oxygens (including phenoxy) is 2. The van der Waals surface area contributed by atoms with E-state index < -0.39 is 0 Å². The van der Waals surface area contributed by atoms with Crippen molar-refractivity contribution in [2.75, 3.05) is 20.8 Å². The van der Waals surface area contributed by atoms with Crippen LogP contribution in [0.1, 0.15) is 167 Å². The highest BCUT2D eigenvalue weighted by Gasteiger charge is 1.99. The fourth-order valence-electron chi connectivity index (χ4n) is 4.68. The molecule has 0 N–H and O–H groups in total. The zero-order chi connectivity index (χ0) is 24.1. The number of carbonyl (C=O) groups is 1. The predicted octanol–water partition coefficient (Wildman–Crippen LogP) is 9.95. The molecule has 0 unspecified atom stereocenters. The summed E-state index contributed by atoms with van der Waals surface area (Å²) in [4.78, 5) is 11.0. The van der Waals surface area contributed by atoms with Crippen LogP contribution in [0.25, 0.3) is 0 Å². The summed E-state index contributed by atoms with van der Waals surface area (Å²) in [6.45, 7) is 0.935. The van der Waals surface area contributed by atoms with Crippen LogP contribution < -0.4 is 0 Å². The number of hydrogen-bond acceptors (Lipinski definition) is 3. The summed E-state index contributed by atoms with van der Waals surface area (Å²) in [6, 6.07) is 0. The number of rotatable bonds is 28. The first kappa shape index (κ1) is 32.4. The molecule has 0 heterocycles. The molecule has 0 aromatic heterocycles. The van der Waals surface area contributed by atoms with Gasteiger partial charge in [-0.1, -0.05) is 148 Å². The molecule has 0 rings (SSSR count). The molecule has 198 valence electrons. The van der Waals surface area contributed by atoms with E-state index >= 15 is 0 Å². The SMILES string of the molecule is COCCCCCCCCCCCCCCCCCCCCCCCCCCCC(=O)OC. The molecule has 0 aliphatic rings. The van der Waals surface area contributed by atoms with Gasteiger partial charge in [0, 0.05) is 20.1 Å². The molecule has 0 saturated heterocycles. The van der Waals surface area contributed by atoms with Gasteiger partial charge in [-0.3, -0.25) is 4.79 Å². The van der Waals surface area contributed by atoms with Crippen LogP contribution in [0.2, 0.25) is 0 Å². The van der Waals surface area contributed by atoms with Gasteiger partial charge in [0.05, 0.1) is 7.11 Å². The van der Waals surface area contributed by atoms with Gasteiger partial charge in [-0.05, 0) is 12.8 Å². The number of hydrogen-bond donors (Lipinski definition) is 0. The van der Waals surface area contributed by atoms with Crippen LogP contribution in [-0.2, 0) is 14.3 Å². The van der Waals surface area contributed by atoms with E-state index in [1.807, 2.05) is 0 Å². The molecule has 3 nitrogen and oxygen atoms in total. The Kier molecular flexibility index (Phi) is 29.0. The lowest BCUT2D eigenvalue weighted by Gasteiger charge is -2.04. The lowest BCUT2D eigenvalue weighted by Crippen LogP contribution is -1.99. The molecule has 0 atom stereocenters. The highest BCUT2D eigenvalue weighted by molar-refractivity contribution is 5.68. The molecule has 0 bridgehead atoms. The zero-order valence-electron chi connectivity index (χ0n) is 22.8. The van der Waals surface area contributed by atoms with Crippen LogP contribution in [0.15, 0.2) is 0 Å². The summed E-state index contributed by atoms with van der Waals surface area (Å²) in [7, 11) is 3.27. The first-order chi connectivity index (χ1) is 16.3. The van der Waals surface area contributed by atoms with Gasteiger partial charge >= 0.3 is 5.97 Å². The van der Waals surface area contributed by atoms with Crippen LogP contribution in [0.3, 0.4) is 0 Å². The van der Waals surface area contributed by atoms with Crippen molar-refractivity contribution < 1.29 is 14.3 Å². The number of carbonyl (C=O) groups excluding carboxylic acids is 1. The third-order valence-electron chi connectivity index (χ3n) is 6.96. The van der Waals surface area contributed by atoms with Crippen molar-refractivity contribution in [2.24, 2.45) is 0 Å². The van der Waals surface area contributed by atoms with Crippen LogP contribution in [-0.4, -0.2) is 26.8 Å². The van der Waals surface area contributed by atoms with E-state index in [-0.39, 0.29) is 5.97 Å². The van der Waals surface area contributed by atoms with E-state index in [0.29, 0.717) is 6.42 Å². The summed E-state index contributed by atoms with van der Waals surface area (Å²) in [5.41, 5.74) is 0. The molecule has 0 saturated carbocycles. The van der Waals surface area contributed by atoms with Crippen molar-refractivity contribution in [2.45, 2.75) is 167 Å². The molecule has 0 amide bonds. The van der Waals surface area contributed by atoms with Gasteiger partial charge in [0.15, 0.2) is 0 Å². The Morgan fingerprint density at radius 2 is 0.636 bits per heavy atom. The minimum Gasteiger partial charge on any atom is -0.469 e. The summed E-state index contributed by atoms with van der Waals surface area (Å²) in [6.07, 6.45) is 35.2. The zero-order valence-corrected chi connectivity index (χ0v) is 22.8. The molecule has 0 aromatic rings. The highest BCUT2D eigenvalue weighted by Crippen LogP contribution is 2.16. The normalized spacial score (nSPS) is 11.2. The minimum atomic E-state index is -0.0629. The average molecular weight is 469 g/mol. The summed E-state index contributed by atoms with van der Waals surface area (Å²) >= 11 is 0. The second-order valence-corrected chi connectivity index (χ2v) is 10.2. The van der Waals surface area contributed by atoms with Crippen molar-refractivity contribution in [3.8, 4) is 0 Å². The third-order valence-corrected chi connectivity index (χ3v) is 6.96. The van der Waals surface area contributed by atoms with E-state index in [1.54, 1.807) is 7.11 Å². The Morgan fingerprint density at radius 3 is 0.879 bits per heavy atom. The third kappa shape index (κ3) is 29.4. The summed E-state index contributed by atoms with van der Waals surface area (Å²) in [5, 5.41) is 0. The summed E-state index contributed by atoms with van der Waals surface area (Å²) in [5.74, 6) is -0.0629. The molecule has 0 spiro atoms. The van der Waals surface area contributed by atoms with E-state index in [1.165, 1.54) is 161 Å². The molecular formula is C30H60O3. The first-order valence-corrected chi connectivity index (χ1v) is 14.9. The summed E-state index contributed by atoms with van der Waals surface area (Å²) < 4.78 is 9.76. The van der Waals surface area contributed by atoms with Crippen LogP contribution in [0.4, 0.5) is 0 Å². The quantitative estimate of drug-likeness (QED) is 0.0846. The minimum absolute atomic E-state index is 0.0629. The molecular weight excluding hydrogens is 408 g/mol. The van der Waals surface area contributed by atoms with Gasteiger partial charge in [0.25, 0.3) is 0 Å². The van der Waals surface area contributed by atoms with Gasteiger partial charge in [0.2, 0.25) is 0 Å². The molecule has 0 aliphatic carbocycles. The van der Waals surface area contributed by atoms with E-state index in [0.717, 1.165) is 13.0 Å². The van der Waals surface area contributed by atoms with Crippen molar-refractivity contribution in [1.82, 2.24) is 0 Å². The second kappa shape index (κ2) is 29.5. The van der Waals surface area contributed by atoms with Gasteiger partial charge < -0.3 is 9.47 Å². The fraction of sp³-hybridized carbons (Fsp3) is 0.967. The van der Waals surface area contributed by atoms with Crippen molar-refractivity contribution in [3.05, 3.63) is 0 Å². The predicted molar refractivity (Wildman–Crippen MR) is 144 cm³/mol. The van der Waals surface area contributed by atoms with Gasteiger partial charge in [-0.15, -0.1) is 0 Å². The Hall–Kier alpha value is -0.570.